The predicted octanol–water partition coefficient (Wildman–Crippen LogP) is 3.35. The van der Waals surface area contributed by atoms with Crippen molar-refractivity contribution in [2.24, 2.45) is 0 Å². The van der Waals surface area contributed by atoms with Gasteiger partial charge in [-0.3, -0.25) is 0 Å². The van der Waals surface area contributed by atoms with Crippen LogP contribution in [0.5, 0.6) is 0 Å². The van der Waals surface area contributed by atoms with Crippen molar-refractivity contribution in [1.82, 2.24) is 9.62 Å². The van der Waals surface area contributed by atoms with Crippen molar-refractivity contribution >= 4 is 16.1 Å². The van der Waals surface area contributed by atoms with Crippen molar-refractivity contribution in [3.63, 3.8) is 0 Å². The molecule has 2 aromatic rings. The summed E-state index contributed by atoms with van der Waals surface area (Å²) in [6, 6.07) is 15.7. The zero-order valence-corrected chi connectivity index (χ0v) is 17.9. The summed E-state index contributed by atoms with van der Waals surface area (Å²) in [7, 11) is -2.04. The number of carbonyl (C=O) groups excluding carboxylic acids is 1. The van der Waals surface area contributed by atoms with E-state index in [2.05, 4.69) is 35.1 Å². The number of ether oxygens (including phenoxy) is 1. The Morgan fingerprint density at radius 2 is 1.90 bits per heavy atom. The van der Waals surface area contributed by atoms with Gasteiger partial charge in [-0.25, -0.2) is 17.9 Å². The van der Waals surface area contributed by atoms with Crippen molar-refractivity contribution in [2.45, 2.75) is 38.3 Å². The zero-order chi connectivity index (χ0) is 21.0. The maximum Gasteiger partial charge on any atom is 0.409 e. The smallest absolute Gasteiger partial charge is 0.409 e. The third kappa shape index (κ3) is 5.36. The van der Waals surface area contributed by atoms with E-state index in [9.17, 15) is 13.2 Å². The second-order valence-electron chi connectivity index (χ2n) is 7.58. The molecule has 0 bridgehead atoms. The number of nitrogens with zero attached hydrogens (tertiary/aromatic N) is 1. The number of benzene rings is 2. The molecule has 1 saturated heterocycles. The molecule has 7 heteroatoms. The predicted molar refractivity (Wildman–Crippen MR) is 114 cm³/mol. The number of likely N-dealkylation sites (tertiary alicyclic amines) is 1. The van der Waals surface area contributed by atoms with Gasteiger partial charge in [-0.15, -0.1) is 0 Å². The maximum atomic E-state index is 12.4. The molecule has 0 radical (unpaired) electrons. The number of nitrogens with one attached hydrogen (secondary N) is 1. The monoisotopic (exact) mass is 416 g/mol. The summed E-state index contributed by atoms with van der Waals surface area (Å²) < 4.78 is 31.5. The van der Waals surface area contributed by atoms with Crippen LogP contribution in [0.3, 0.4) is 0 Å². The first-order chi connectivity index (χ1) is 13.8. The number of piperidine rings is 1. The average Bonchev–Trinajstić information content (AvgIpc) is 2.69. The lowest BCUT2D eigenvalue weighted by Crippen LogP contribution is -2.57. The molecule has 29 heavy (non-hydrogen) atoms. The van der Waals surface area contributed by atoms with Gasteiger partial charge in [0.2, 0.25) is 10.0 Å². The van der Waals surface area contributed by atoms with Crippen molar-refractivity contribution in [3.8, 4) is 11.1 Å². The highest BCUT2D eigenvalue weighted by Crippen LogP contribution is 2.27. The molecule has 1 N–H and O–H groups in total. The first-order valence-corrected chi connectivity index (χ1v) is 11.6. The van der Waals surface area contributed by atoms with E-state index in [1.165, 1.54) is 7.11 Å². The Morgan fingerprint density at radius 3 is 2.55 bits per heavy atom. The molecule has 1 heterocycles. The third-order valence-corrected chi connectivity index (χ3v) is 6.17. The molecule has 2 unspecified atom stereocenters. The molecule has 0 saturated carbocycles. The van der Waals surface area contributed by atoms with Gasteiger partial charge >= 0.3 is 6.09 Å². The standard InChI is InChI=1S/C22H28N2O4S/c1-16-11-12-18(17-8-5-4-6-9-17)14-19(16)15-21-20(23-29(3,26)27)10-7-13-24(21)22(25)28-2/h4-6,8-9,11-12,14,20-21,23H,7,10,13,15H2,1-3H3. The molecule has 156 valence electrons. The second kappa shape index (κ2) is 8.97. The van der Waals surface area contributed by atoms with E-state index < -0.39 is 16.1 Å². The molecule has 1 amide bonds. The highest BCUT2D eigenvalue weighted by molar-refractivity contribution is 7.88. The summed E-state index contributed by atoms with van der Waals surface area (Å²) in [5.41, 5.74) is 4.41. The van der Waals surface area contributed by atoms with Crippen LogP contribution in [0.4, 0.5) is 4.79 Å². The molecule has 0 spiro atoms. The molecular weight excluding hydrogens is 388 g/mol. The maximum absolute atomic E-state index is 12.4. The van der Waals surface area contributed by atoms with Gasteiger partial charge in [0.15, 0.2) is 0 Å². The molecule has 1 aliphatic rings. The normalized spacial score (nSPS) is 19.8. The average molecular weight is 417 g/mol. The summed E-state index contributed by atoms with van der Waals surface area (Å²) >= 11 is 0. The fourth-order valence-electron chi connectivity index (χ4n) is 3.99. The molecule has 2 atom stereocenters. The fourth-order valence-corrected chi connectivity index (χ4v) is 4.82. The summed E-state index contributed by atoms with van der Waals surface area (Å²) in [4.78, 5) is 14.0. The Labute approximate surface area is 172 Å². The van der Waals surface area contributed by atoms with Crippen LogP contribution in [0.15, 0.2) is 48.5 Å². The highest BCUT2D eigenvalue weighted by Gasteiger charge is 2.36. The van der Waals surface area contributed by atoms with Crippen molar-refractivity contribution < 1.29 is 17.9 Å². The van der Waals surface area contributed by atoms with Gasteiger partial charge in [0.05, 0.1) is 19.4 Å². The number of aryl methyl sites for hydroxylation is 1. The fraction of sp³-hybridized carbons (Fsp3) is 0.409. The molecule has 1 fully saturated rings. The van der Waals surface area contributed by atoms with Crippen LogP contribution in [0.25, 0.3) is 11.1 Å². The van der Waals surface area contributed by atoms with Crippen molar-refractivity contribution in [2.75, 3.05) is 19.9 Å². The lowest BCUT2D eigenvalue weighted by atomic mass is 9.89. The number of carbonyl (C=O) groups is 1. The van der Waals surface area contributed by atoms with Crippen molar-refractivity contribution in [3.05, 3.63) is 59.7 Å². The van der Waals surface area contributed by atoms with Crippen LogP contribution in [-0.2, 0) is 21.2 Å². The number of sulfonamides is 1. The SMILES string of the molecule is COC(=O)N1CCCC(NS(C)(=O)=O)C1Cc1cc(-c2ccccc2)ccc1C. The summed E-state index contributed by atoms with van der Waals surface area (Å²) in [5.74, 6) is 0. The van der Waals surface area contributed by atoms with E-state index >= 15 is 0 Å². The number of hydrogen-bond donors (Lipinski definition) is 1. The Kier molecular flexibility index (Phi) is 6.59. The van der Waals surface area contributed by atoms with E-state index in [1.807, 2.05) is 25.1 Å². The second-order valence-corrected chi connectivity index (χ2v) is 9.36. The van der Waals surface area contributed by atoms with E-state index in [4.69, 9.17) is 4.74 Å². The molecule has 0 aliphatic carbocycles. The highest BCUT2D eigenvalue weighted by atomic mass is 32.2. The Morgan fingerprint density at radius 1 is 1.17 bits per heavy atom. The van der Waals surface area contributed by atoms with E-state index in [-0.39, 0.29) is 12.1 Å². The lowest BCUT2D eigenvalue weighted by Gasteiger charge is -2.40. The number of methoxy groups -OCH3 is 1. The summed E-state index contributed by atoms with van der Waals surface area (Å²) in [6.07, 6.45) is 2.69. The Hall–Kier alpha value is -2.38. The van der Waals surface area contributed by atoms with Gasteiger partial charge in [0.25, 0.3) is 0 Å². The van der Waals surface area contributed by atoms with Gasteiger partial charge < -0.3 is 9.64 Å². The topological polar surface area (TPSA) is 75.7 Å². The summed E-state index contributed by atoms with van der Waals surface area (Å²) in [5, 5.41) is 0. The Bertz CT molecular complexity index is 960. The quantitative estimate of drug-likeness (QED) is 0.811. The first-order valence-electron chi connectivity index (χ1n) is 9.75. The minimum absolute atomic E-state index is 0.310. The van der Waals surface area contributed by atoms with Crippen LogP contribution in [0.1, 0.15) is 24.0 Å². The van der Waals surface area contributed by atoms with Crippen molar-refractivity contribution in [1.29, 1.82) is 0 Å². The van der Waals surface area contributed by atoms with Gasteiger partial charge in [0, 0.05) is 12.6 Å². The number of hydrogen-bond acceptors (Lipinski definition) is 4. The molecule has 6 nitrogen and oxygen atoms in total. The van der Waals surface area contributed by atoms with Crippen LogP contribution in [0, 0.1) is 6.92 Å². The first kappa shape index (κ1) is 21.3. The Balaban J connectivity index is 1.95. The molecular formula is C22H28N2O4S. The van der Waals surface area contributed by atoms with E-state index in [1.54, 1.807) is 4.90 Å². The minimum atomic E-state index is -3.39. The molecule has 3 rings (SSSR count). The lowest BCUT2D eigenvalue weighted by molar-refractivity contribution is 0.0792. The van der Waals surface area contributed by atoms with E-state index in [0.717, 1.165) is 34.9 Å². The van der Waals surface area contributed by atoms with Crippen LogP contribution >= 0.6 is 0 Å². The molecule has 2 aromatic carbocycles. The molecule has 0 aromatic heterocycles. The number of rotatable bonds is 5. The van der Waals surface area contributed by atoms with Gasteiger partial charge in [-0.05, 0) is 48.4 Å². The van der Waals surface area contributed by atoms with Gasteiger partial charge in [-0.1, -0.05) is 48.5 Å². The summed E-state index contributed by atoms with van der Waals surface area (Å²) in [6.45, 7) is 2.59. The van der Waals surface area contributed by atoms with Gasteiger partial charge in [-0.2, -0.15) is 0 Å². The number of amides is 1. The largest absolute Gasteiger partial charge is 0.453 e. The van der Waals surface area contributed by atoms with E-state index in [0.29, 0.717) is 19.4 Å². The third-order valence-electron chi connectivity index (χ3n) is 5.44. The minimum Gasteiger partial charge on any atom is -0.453 e. The molecule has 1 aliphatic heterocycles. The zero-order valence-electron chi connectivity index (χ0n) is 17.1. The van der Waals surface area contributed by atoms with Crippen LogP contribution in [0.2, 0.25) is 0 Å². The van der Waals surface area contributed by atoms with Crippen LogP contribution in [-0.4, -0.2) is 51.4 Å². The van der Waals surface area contributed by atoms with Crippen LogP contribution < -0.4 is 4.72 Å². The van der Waals surface area contributed by atoms with Gasteiger partial charge in [0.1, 0.15) is 0 Å².